The molecule has 24 heavy (non-hydrogen) atoms. The Morgan fingerprint density at radius 3 is 2.42 bits per heavy atom. The first-order chi connectivity index (χ1) is 11.5. The van der Waals surface area contributed by atoms with Crippen molar-refractivity contribution in [2.75, 3.05) is 45.2 Å². The van der Waals surface area contributed by atoms with Gasteiger partial charge in [0.05, 0.1) is 4.88 Å². The molecule has 0 bridgehead atoms. The predicted octanol–water partition coefficient (Wildman–Crippen LogP) is 3.32. The van der Waals surface area contributed by atoms with E-state index < -0.39 is 0 Å². The summed E-state index contributed by atoms with van der Waals surface area (Å²) >= 11 is 7.91. The van der Waals surface area contributed by atoms with Crippen LogP contribution in [0.1, 0.15) is 10.4 Å². The van der Waals surface area contributed by atoms with Crippen molar-refractivity contribution >= 4 is 28.1 Å². The normalized spacial score (nSPS) is 16.5. The molecule has 1 aliphatic rings. The number of anilines is 1. The molecule has 1 aromatic heterocycles. The van der Waals surface area contributed by atoms with Gasteiger partial charge in [-0.15, -0.1) is 0 Å². The minimum absolute atomic E-state index is 0.164. The van der Waals surface area contributed by atoms with E-state index in [0.717, 1.165) is 54.8 Å². The molecule has 1 aliphatic heterocycles. The molecule has 1 fully saturated rings. The van der Waals surface area contributed by atoms with Crippen molar-refractivity contribution in [3.63, 3.8) is 0 Å². The average Bonchev–Trinajstić information content (AvgIpc) is 2.91. The van der Waals surface area contributed by atoms with E-state index in [0.29, 0.717) is 5.15 Å². The zero-order chi connectivity index (χ0) is 17.1. The van der Waals surface area contributed by atoms with Crippen molar-refractivity contribution in [1.29, 1.82) is 0 Å². The Hall–Kier alpha value is -1.21. The van der Waals surface area contributed by atoms with Gasteiger partial charge in [0.1, 0.15) is 11.0 Å². The molecule has 1 saturated heterocycles. The van der Waals surface area contributed by atoms with E-state index in [9.17, 15) is 4.39 Å². The van der Waals surface area contributed by atoms with Gasteiger partial charge in [-0.05, 0) is 17.7 Å². The van der Waals surface area contributed by atoms with Crippen LogP contribution in [-0.4, -0.2) is 55.1 Å². The molecule has 0 unspecified atom stereocenters. The number of halogens is 2. The molecule has 3 rings (SSSR count). The molecule has 0 aliphatic carbocycles. The molecule has 0 spiro atoms. The van der Waals surface area contributed by atoms with E-state index in [1.165, 1.54) is 6.07 Å². The molecule has 2 aromatic rings. The lowest BCUT2D eigenvalue weighted by Crippen LogP contribution is -2.45. The number of benzene rings is 1. The van der Waals surface area contributed by atoms with Crippen LogP contribution in [0.3, 0.4) is 0 Å². The SMILES string of the molecule is CN(C)c1nc(Cl)c(CN2CCN(Cc3cccc(F)c3)CC2)s1. The second-order valence-corrected chi connectivity index (χ2v) is 7.71. The Balaban J connectivity index is 1.52. The molecular formula is C17H22ClFN4S. The summed E-state index contributed by atoms with van der Waals surface area (Å²) in [6, 6.07) is 6.86. The first kappa shape index (κ1) is 17.6. The second kappa shape index (κ2) is 7.78. The summed E-state index contributed by atoms with van der Waals surface area (Å²) in [6.07, 6.45) is 0. The van der Waals surface area contributed by atoms with E-state index >= 15 is 0 Å². The van der Waals surface area contributed by atoms with Crippen LogP contribution in [0.15, 0.2) is 24.3 Å². The molecule has 0 N–H and O–H groups in total. The van der Waals surface area contributed by atoms with Crippen LogP contribution in [0, 0.1) is 5.82 Å². The Morgan fingerprint density at radius 1 is 1.17 bits per heavy atom. The second-order valence-electron chi connectivity index (χ2n) is 6.29. The van der Waals surface area contributed by atoms with Crippen LogP contribution in [0.4, 0.5) is 9.52 Å². The van der Waals surface area contributed by atoms with E-state index in [2.05, 4.69) is 14.8 Å². The molecule has 1 aromatic carbocycles. The summed E-state index contributed by atoms with van der Waals surface area (Å²) in [7, 11) is 3.95. The third-order valence-corrected chi connectivity index (χ3v) is 5.78. The summed E-state index contributed by atoms with van der Waals surface area (Å²) in [6.45, 7) is 5.58. The number of nitrogens with zero attached hydrogens (tertiary/aromatic N) is 4. The maximum Gasteiger partial charge on any atom is 0.186 e. The lowest BCUT2D eigenvalue weighted by molar-refractivity contribution is 0.122. The maximum atomic E-state index is 13.3. The lowest BCUT2D eigenvalue weighted by atomic mass is 10.2. The van der Waals surface area contributed by atoms with Gasteiger partial charge >= 0.3 is 0 Å². The van der Waals surface area contributed by atoms with Crippen molar-refractivity contribution in [1.82, 2.24) is 14.8 Å². The number of hydrogen-bond acceptors (Lipinski definition) is 5. The van der Waals surface area contributed by atoms with Crippen LogP contribution in [0.5, 0.6) is 0 Å². The monoisotopic (exact) mass is 368 g/mol. The van der Waals surface area contributed by atoms with Gasteiger partial charge in [0.15, 0.2) is 5.13 Å². The highest BCUT2D eigenvalue weighted by molar-refractivity contribution is 7.16. The van der Waals surface area contributed by atoms with Gasteiger partial charge in [-0.3, -0.25) is 9.80 Å². The van der Waals surface area contributed by atoms with E-state index in [4.69, 9.17) is 11.6 Å². The number of hydrogen-bond donors (Lipinski definition) is 0. The van der Waals surface area contributed by atoms with Crippen LogP contribution in [0.2, 0.25) is 5.15 Å². The van der Waals surface area contributed by atoms with Gasteiger partial charge in [0.25, 0.3) is 0 Å². The smallest absolute Gasteiger partial charge is 0.186 e. The fourth-order valence-electron chi connectivity index (χ4n) is 2.81. The molecule has 0 radical (unpaired) electrons. The highest BCUT2D eigenvalue weighted by atomic mass is 35.5. The topological polar surface area (TPSA) is 22.6 Å². The molecule has 4 nitrogen and oxygen atoms in total. The van der Waals surface area contributed by atoms with Gasteiger partial charge in [-0.1, -0.05) is 35.1 Å². The first-order valence-electron chi connectivity index (χ1n) is 8.03. The zero-order valence-electron chi connectivity index (χ0n) is 14.0. The quantitative estimate of drug-likeness (QED) is 0.807. The van der Waals surface area contributed by atoms with Crippen LogP contribution in [-0.2, 0) is 13.1 Å². The Labute approximate surface area is 151 Å². The van der Waals surface area contributed by atoms with E-state index in [-0.39, 0.29) is 5.82 Å². The fourth-order valence-corrected chi connectivity index (χ4v) is 4.03. The third-order valence-electron chi connectivity index (χ3n) is 4.15. The van der Waals surface area contributed by atoms with E-state index in [1.54, 1.807) is 23.5 Å². The lowest BCUT2D eigenvalue weighted by Gasteiger charge is -2.34. The standard InChI is InChI=1S/C17H22ClFN4S/c1-21(2)17-20-16(18)15(24-17)12-23-8-6-22(7-9-23)11-13-4-3-5-14(19)10-13/h3-5,10H,6-9,11-12H2,1-2H3. The van der Waals surface area contributed by atoms with Crippen molar-refractivity contribution in [2.24, 2.45) is 0 Å². The molecule has 2 heterocycles. The number of aromatic nitrogens is 1. The van der Waals surface area contributed by atoms with E-state index in [1.807, 2.05) is 25.1 Å². The van der Waals surface area contributed by atoms with Gasteiger partial charge in [-0.2, -0.15) is 0 Å². The van der Waals surface area contributed by atoms with Gasteiger partial charge in [0, 0.05) is 53.4 Å². The van der Waals surface area contributed by atoms with Crippen molar-refractivity contribution < 1.29 is 4.39 Å². The summed E-state index contributed by atoms with van der Waals surface area (Å²) in [5.41, 5.74) is 1.03. The van der Waals surface area contributed by atoms with Crippen LogP contribution in [0.25, 0.3) is 0 Å². The first-order valence-corrected chi connectivity index (χ1v) is 9.22. The summed E-state index contributed by atoms with van der Waals surface area (Å²) in [5, 5.41) is 1.56. The number of piperazine rings is 1. The van der Waals surface area contributed by atoms with Gasteiger partial charge in [0.2, 0.25) is 0 Å². The number of rotatable bonds is 5. The summed E-state index contributed by atoms with van der Waals surface area (Å²) in [5.74, 6) is -0.164. The molecule has 0 amide bonds. The fraction of sp³-hybridized carbons (Fsp3) is 0.471. The minimum Gasteiger partial charge on any atom is -0.354 e. The summed E-state index contributed by atoms with van der Waals surface area (Å²) < 4.78 is 13.3. The Bertz CT molecular complexity index is 683. The van der Waals surface area contributed by atoms with Crippen molar-refractivity contribution in [3.8, 4) is 0 Å². The van der Waals surface area contributed by atoms with Gasteiger partial charge in [-0.25, -0.2) is 9.37 Å². The highest BCUT2D eigenvalue weighted by Crippen LogP contribution is 2.29. The predicted molar refractivity (Wildman–Crippen MR) is 98.4 cm³/mol. The molecule has 130 valence electrons. The van der Waals surface area contributed by atoms with Crippen molar-refractivity contribution in [2.45, 2.75) is 13.1 Å². The Morgan fingerprint density at radius 2 is 1.83 bits per heavy atom. The minimum atomic E-state index is -0.164. The average molecular weight is 369 g/mol. The molecule has 7 heteroatoms. The third kappa shape index (κ3) is 4.45. The highest BCUT2D eigenvalue weighted by Gasteiger charge is 2.20. The van der Waals surface area contributed by atoms with Crippen LogP contribution < -0.4 is 4.90 Å². The van der Waals surface area contributed by atoms with Crippen LogP contribution >= 0.6 is 22.9 Å². The molecule has 0 atom stereocenters. The maximum absolute atomic E-state index is 13.3. The zero-order valence-corrected chi connectivity index (χ0v) is 15.6. The Kier molecular flexibility index (Phi) is 5.71. The molecular weight excluding hydrogens is 347 g/mol. The van der Waals surface area contributed by atoms with Gasteiger partial charge < -0.3 is 4.90 Å². The summed E-state index contributed by atoms with van der Waals surface area (Å²) in [4.78, 5) is 12.3. The number of thiazole rings is 1. The largest absolute Gasteiger partial charge is 0.354 e. The van der Waals surface area contributed by atoms with Crippen molar-refractivity contribution in [3.05, 3.63) is 45.7 Å². The molecule has 0 saturated carbocycles.